The Bertz CT molecular complexity index is 1420. The summed E-state index contributed by atoms with van der Waals surface area (Å²) in [6, 6.07) is 13.3. The third-order valence-electron chi connectivity index (χ3n) is 6.22. The third-order valence-corrected chi connectivity index (χ3v) is 6.22. The molecule has 2 aromatic heterocycles. The van der Waals surface area contributed by atoms with Gasteiger partial charge in [0, 0.05) is 6.20 Å². The van der Waals surface area contributed by atoms with Gasteiger partial charge in [-0.1, -0.05) is 30.3 Å². The van der Waals surface area contributed by atoms with Gasteiger partial charge >= 0.3 is 0 Å². The standard InChI is InChI=1S/C27H27F2N3O5/c1-16-24(26(36)31-27(2,15-34)18-7-3-6-17(12-18)22(35)13-33)32-11-5-10-23(25(32)30-16)37-14-19-20(28)8-4-9-21(19)29/h3-12,22,33-35H,13-15H2,1-2H3,(H,31,36)/t22-,27?/m0/s1. The number of nitrogens with zero attached hydrogens (tertiary/aromatic N) is 2. The highest BCUT2D eigenvalue weighted by Crippen LogP contribution is 2.27. The number of carbonyl (C=O) groups is 1. The molecular formula is C27H27F2N3O5. The van der Waals surface area contributed by atoms with Crippen LogP contribution in [-0.4, -0.2) is 43.8 Å². The van der Waals surface area contributed by atoms with E-state index in [-0.39, 0.29) is 29.3 Å². The largest absolute Gasteiger partial charge is 0.485 e. The maximum atomic E-state index is 14.0. The molecule has 10 heteroatoms. The first-order valence-corrected chi connectivity index (χ1v) is 11.5. The molecule has 8 nitrogen and oxygen atoms in total. The second kappa shape index (κ2) is 10.6. The van der Waals surface area contributed by atoms with E-state index in [1.807, 2.05) is 0 Å². The van der Waals surface area contributed by atoms with Gasteiger partial charge in [0.05, 0.1) is 30.0 Å². The molecule has 0 aliphatic carbocycles. The van der Waals surface area contributed by atoms with E-state index in [0.717, 1.165) is 12.1 Å². The van der Waals surface area contributed by atoms with E-state index < -0.39 is 42.4 Å². The van der Waals surface area contributed by atoms with Crippen LogP contribution in [0.15, 0.2) is 60.8 Å². The van der Waals surface area contributed by atoms with Gasteiger partial charge < -0.3 is 25.4 Å². The number of rotatable bonds is 9. The van der Waals surface area contributed by atoms with Crippen LogP contribution in [0.25, 0.3) is 5.65 Å². The average molecular weight is 512 g/mol. The number of aliphatic hydroxyl groups excluding tert-OH is 3. The summed E-state index contributed by atoms with van der Waals surface area (Å²) in [5.74, 6) is -1.77. The van der Waals surface area contributed by atoms with E-state index in [1.165, 1.54) is 10.5 Å². The Morgan fingerprint density at radius 3 is 2.51 bits per heavy atom. The number of nitrogens with one attached hydrogen (secondary N) is 1. The topological polar surface area (TPSA) is 116 Å². The van der Waals surface area contributed by atoms with E-state index in [9.17, 15) is 28.9 Å². The van der Waals surface area contributed by atoms with Crippen LogP contribution in [0.2, 0.25) is 0 Å². The first kappa shape index (κ1) is 26.2. The molecule has 0 saturated carbocycles. The molecule has 4 rings (SSSR count). The SMILES string of the molecule is Cc1nc2c(OCc3c(F)cccc3F)cccn2c1C(=O)NC(C)(CO)c1cccc([C@@H](O)CO)c1. The van der Waals surface area contributed by atoms with E-state index >= 15 is 0 Å². The van der Waals surface area contributed by atoms with Crippen molar-refractivity contribution < 1.29 is 33.6 Å². The van der Waals surface area contributed by atoms with Crippen LogP contribution in [0.1, 0.15) is 45.9 Å². The Balaban J connectivity index is 1.63. The number of halogens is 2. The van der Waals surface area contributed by atoms with Crippen LogP contribution in [-0.2, 0) is 12.1 Å². The van der Waals surface area contributed by atoms with E-state index in [4.69, 9.17) is 4.74 Å². The zero-order chi connectivity index (χ0) is 26.7. The van der Waals surface area contributed by atoms with Crippen LogP contribution >= 0.6 is 0 Å². The van der Waals surface area contributed by atoms with Crippen molar-refractivity contribution in [3.63, 3.8) is 0 Å². The van der Waals surface area contributed by atoms with E-state index in [0.29, 0.717) is 16.8 Å². The molecule has 1 unspecified atom stereocenters. The molecule has 37 heavy (non-hydrogen) atoms. The number of hydrogen-bond donors (Lipinski definition) is 4. The van der Waals surface area contributed by atoms with Crippen molar-refractivity contribution in [1.29, 1.82) is 0 Å². The number of carbonyl (C=O) groups excluding carboxylic acids is 1. The normalized spacial score (nSPS) is 13.8. The number of aryl methyl sites for hydroxylation is 1. The van der Waals surface area contributed by atoms with Gasteiger partial charge in [-0.15, -0.1) is 0 Å². The fraction of sp³-hybridized carbons (Fsp3) is 0.259. The van der Waals surface area contributed by atoms with Crippen molar-refractivity contribution in [2.75, 3.05) is 13.2 Å². The number of imidazole rings is 1. The fourth-order valence-electron chi connectivity index (χ4n) is 4.07. The summed E-state index contributed by atoms with van der Waals surface area (Å²) in [4.78, 5) is 17.9. The quantitative estimate of drug-likeness (QED) is 0.274. The van der Waals surface area contributed by atoms with Gasteiger partial charge in [0.15, 0.2) is 11.4 Å². The molecule has 0 aliphatic rings. The molecule has 2 atom stereocenters. The molecule has 0 aliphatic heterocycles. The van der Waals surface area contributed by atoms with Crippen LogP contribution in [0, 0.1) is 18.6 Å². The van der Waals surface area contributed by atoms with Gasteiger partial charge in [0.1, 0.15) is 30.0 Å². The lowest BCUT2D eigenvalue weighted by Crippen LogP contribution is -2.47. The summed E-state index contributed by atoms with van der Waals surface area (Å²) in [6.07, 6.45) is 0.505. The summed E-state index contributed by atoms with van der Waals surface area (Å²) < 4.78 is 35.2. The number of aliphatic hydroxyl groups is 3. The van der Waals surface area contributed by atoms with Crippen molar-refractivity contribution in [2.24, 2.45) is 0 Å². The summed E-state index contributed by atoms with van der Waals surface area (Å²) in [7, 11) is 0. The Morgan fingerprint density at radius 1 is 1.14 bits per heavy atom. The van der Waals surface area contributed by atoms with Gasteiger partial charge in [-0.05, 0) is 49.2 Å². The van der Waals surface area contributed by atoms with Crippen molar-refractivity contribution >= 4 is 11.6 Å². The van der Waals surface area contributed by atoms with Crippen LogP contribution < -0.4 is 10.1 Å². The van der Waals surface area contributed by atoms with Crippen molar-refractivity contribution in [1.82, 2.24) is 14.7 Å². The first-order valence-electron chi connectivity index (χ1n) is 11.5. The zero-order valence-electron chi connectivity index (χ0n) is 20.3. The predicted octanol–water partition coefficient (Wildman–Crippen LogP) is 3.16. The van der Waals surface area contributed by atoms with Crippen LogP contribution in [0.4, 0.5) is 8.78 Å². The highest BCUT2D eigenvalue weighted by atomic mass is 19.1. The number of pyridine rings is 1. The van der Waals surface area contributed by atoms with Gasteiger partial charge in [-0.2, -0.15) is 0 Å². The monoisotopic (exact) mass is 511 g/mol. The summed E-state index contributed by atoms with van der Waals surface area (Å²) in [5.41, 5.74) is 0.344. The highest BCUT2D eigenvalue weighted by Gasteiger charge is 2.31. The number of amides is 1. The fourth-order valence-corrected chi connectivity index (χ4v) is 4.07. The molecule has 0 radical (unpaired) electrons. The molecule has 1 amide bonds. The highest BCUT2D eigenvalue weighted by molar-refractivity contribution is 5.95. The Hall–Kier alpha value is -3.86. The smallest absolute Gasteiger partial charge is 0.270 e. The van der Waals surface area contributed by atoms with E-state index in [1.54, 1.807) is 56.4 Å². The third kappa shape index (κ3) is 5.17. The molecule has 4 aromatic rings. The minimum absolute atomic E-state index is 0.184. The van der Waals surface area contributed by atoms with Crippen molar-refractivity contribution in [3.05, 3.63) is 101 Å². The Morgan fingerprint density at radius 2 is 1.84 bits per heavy atom. The number of fused-ring (bicyclic) bond motifs is 1. The number of ether oxygens (including phenoxy) is 1. The second-order valence-corrected chi connectivity index (χ2v) is 8.87. The lowest BCUT2D eigenvalue weighted by atomic mass is 9.90. The lowest BCUT2D eigenvalue weighted by molar-refractivity contribution is 0.0840. The molecule has 0 fully saturated rings. The summed E-state index contributed by atoms with van der Waals surface area (Å²) in [6.45, 7) is 1.97. The molecule has 0 saturated heterocycles. The molecule has 4 N–H and O–H groups in total. The predicted molar refractivity (Wildman–Crippen MR) is 131 cm³/mol. The Kier molecular flexibility index (Phi) is 7.53. The van der Waals surface area contributed by atoms with Crippen molar-refractivity contribution in [3.8, 4) is 5.75 Å². The van der Waals surface area contributed by atoms with Gasteiger partial charge in [-0.25, -0.2) is 13.8 Å². The minimum Gasteiger partial charge on any atom is -0.485 e. The van der Waals surface area contributed by atoms with Crippen LogP contribution in [0.5, 0.6) is 5.75 Å². The average Bonchev–Trinajstić information content (AvgIpc) is 3.24. The summed E-state index contributed by atoms with van der Waals surface area (Å²) >= 11 is 0. The molecule has 194 valence electrons. The zero-order valence-corrected chi connectivity index (χ0v) is 20.3. The Labute approximate surface area is 211 Å². The number of benzene rings is 2. The maximum Gasteiger partial charge on any atom is 0.270 e. The van der Waals surface area contributed by atoms with Gasteiger partial charge in [0.25, 0.3) is 5.91 Å². The number of aromatic nitrogens is 2. The molecule has 2 aromatic carbocycles. The lowest BCUT2D eigenvalue weighted by Gasteiger charge is -2.30. The van der Waals surface area contributed by atoms with Gasteiger partial charge in [0.2, 0.25) is 0 Å². The van der Waals surface area contributed by atoms with Crippen molar-refractivity contribution in [2.45, 2.75) is 32.1 Å². The van der Waals surface area contributed by atoms with E-state index in [2.05, 4.69) is 10.3 Å². The number of hydrogen-bond acceptors (Lipinski definition) is 6. The van der Waals surface area contributed by atoms with Gasteiger partial charge in [-0.3, -0.25) is 9.20 Å². The molecule has 2 heterocycles. The summed E-state index contributed by atoms with van der Waals surface area (Å²) in [5, 5.41) is 32.3. The molecule has 0 spiro atoms. The second-order valence-electron chi connectivity index (χ2n) is 8.87. The first-order chi connectivity index (χ1) is 17.7. The molecule has 0 bridgehead atoms. The molecular weight excluding hydrogens is 484 g/mol. The minimum atomic E-state index is -1.23. The maximum absolute atomic E-state index is 14.0. The van der Waals surface area contributed by atoms with Crippen LogP contribution in [0.3, 0.4) is 0 Å².